The monoisotopic (exact) mass is 257 g/mol. The van der Waals surface area contributed by atoms with Crippen LogP contribution in [-0.2, 0) is 0 Å². The van der Waals surface area contributed by atoms with Crippen molar-refractivity contribution in [2.75, 3.05) is 4.90 Å². The lowest BCUT2D eigenvalue weighted by Gasteiger charge is -2.25. The molecule has 0 atom stereocenters. The molecule has 0 aliphatic heterocycles. The number of hydrogen-bond donors (Lipinski definition) is 0. The Morgan fingerprint density at radius 3 is 1.55 bits per heavy atom. The fraction of sp³-hybridized carbons (Fsp3) is 0. The van der Waals surface area contributed by atoms with Crippen LogP contribution in [0.5, 0.6) is 0 Å². The maximum absolute atomic E-state index is 2.27. The third-order valence-electron chi connectivity index (χ3n) is 3.29. The van der Waals surface area contributed by atoms with Gasteiger partial charge < -0.3 is 4.90 Å². The van der Waals surface area contributed by atoms with Crippen LogP contribution in [0.15, 0.2) is 84.9 Å². The van der Waals surface area contributed by atoms with Gasteiger partial charge in [0.1, 0.15) is 7.85 Å². The van der Waals surface area contributed by atoms with Crippen LogP contribution in [0, 0.1) is 0 Å². The van der Waals surface area contributed by atoms with Crippen LogP contribution in [0.25, 0.3) is 0 Å². The summed E-state index contributed by atoms with van der Waals surface area (Å²) < 4.78 is 0. The molecule has 0 saturated heterocycles. The fourth-order valence-electron chi connectivity index (χ4n) is 2.37. The molecule has 0 aromatic heterocycles. The standard InChI is InChI=1S/C18H16BN/c19-15-8-7-13-18(14-15)20(16-9-3-1-4-10-16)17-11-5-2-6-12-17/h1-14H,19H2. The molecule has 2 heteroatoms. The van der Waals surface area contributed by atoms with E-state index in [9.17, 15) is 0 Å². The molecule has 0 aliphatic rings. The van der Waals surface area contributed by atoms with E-state index in [-0.39, 0.29) is 0 Å². The van der Waals surface area contributed by atoms with Crippen LogP contribution in [0.4, 0.5) is 17.1 Å². The molecule has 3 aromatic rings. The highest BCUT2D eigenvalue weighted by atomic mass is 15.1. The summed E-state index contributed by atoms with van der Waals surface area (Å²) in [5.41, 5.74) is 4.79. The lowest BCUT2D eigenvalue weighted by molar-refractivity contribution is 1.29. The smallest absolute Gasteiger partial charge is 0.139 e. The Bertz CT molecular complexity index is 641. The Balaban J connectivity index is 2.14. The van der Waals surface area contributed by atoms with E-state index in [0.717, 1.165) is 0 Å². The third kappa shape index (κ3) is 2.60. The summed E-state index contributed by atoms with van der Waals surface area (Å²) in [7, 11) is 2.12. The lowest BCUT2D eigenvalue weighted by atomic mass is 9.95. The van der Waals surface area contributed by atoms with Crippen LogP contribution >= 0.6 is 0 Å². The van der Waals surface area contributed by atoms with Gasteiger partial charge in [-0.15, -0.1) is 0 Å². The first-order chi connectivity index (χ1) is 9.84. The normalized spacial score (nSPS) is 10.2. The van der Waals surface area contributed by atoms with E-state index in [2.05, 4.69) is 85.5 Å². The van der Waals surface area contributed by atoms with E-state index in [4.69, 9.17) is 0 Å². The van der Waals surface area contributed by atoms with Gasteiger partial charge in [0, 0.05) is 17.1 Å². The minimum atomic E-state index is 1.17. The van der Waals surface area contributed by atoms with E-state index in [0.29, 0.717) is 0 Å². The molecule has 0 radical (unpaired) electrons. The predicted octanol–water partition coefficient (Wildman–Crippen LogP) is 3.41. The van der Waals surface area contributed by atoms with Crippen molar-refractivity contribution in [2.45, 2.75) is 0 Å². The molecule has 0 unspecified atom stereocenters. The van der Waals surface area contributed by atoms with Gasteiger partial charge in [-0.05, 0) is 36.4 Å². The van der Waals surface area contributed by atoms with Crippen molar-refractivity contribution in [3.8, 4) is 0 Å². The second-order valence-electron chi connectivity index (χ2n) is 4.85. The third-order valence-corrected chi connectivity index (χ3v) is 3.29. The number of para-hydroxylation sites is 2. The summed E-state index contributed by atoms with van der Waals surface area (Å²) in [5.74, 6) is 0. The summed E-state index contributed by atoms with van der Waals surface area (Å²) in [6, 6.07) is 29.5. The molecule has 0 bridgehead atoms. The second-order valence-corrected chi connectivity index (χ2v) is 4.85. The molecule has 0 aliphatic carbocycles. The summed E-state index contributed by atoms with van der Waals surface area (Å²) >= 11 is 0. The van der Waals surface area contributed by atoms with Gasteiger partial charge in [-0.25, -0.2) is 0 Å². The minimum absolute atomic E-state index is 1.17. The van der Waals surface area contributed by atoms with Gasteiger partial charge in [-0.1, -0.05) is 54.0 Å². The number of hydrogen-bond acceptors (Lipinski definition) is 1. The Labute approximate surface area is 120 Å². The molecule has 0 saturated carbocycles. The molecule has 96 valence electrons. The number of nitrogens with zero attached hydrogens (tertiary/aromatic N) is 1. The average molecular weight is 257 g/mol. The second kappa shape index (κ2) is 5.66. The van der Waals surface area contributed by atoms with Crippen molar-refractivity contribution in [2.24, 2.45) is 0 Å². The van der Waals surface area contributed by atoms with E-state index in [1.807, 2.05) is 12.1 Å². The first-order valence-electron chi connectivity index (χ1n) is 6.81. The maximum Gasteiger partial charge on any atom is 0.139 e. The zero-order valence-electron chi connectivity index (χ0n) is 11.5. The molecular weight excluding hydrogens is 241 g/mol. The quantitative estimate of drug-likeness (QED) is 0.650. The molecule has 0 fully saturated rings. The summed E-state index contributed by atoms with van der Waals surface area (Å²) in [5, 5.41) is 0. The molecule has 3 aromatic carbocycles. The summed E-state index contributed by atoms with van der Waals surface area (Å²) in [6.07, 6.45) is 0. The first-order valence-corrected chi connectivity index (χ1v) is 6.81. The first kappa shape index (κ1) is 12.6. The van der Waals surface area contributed by atoms with Crippen molar-refractivity contribution < 1.29 is 0 Å². The predicted molar refractivity (Wildman–Crippen MR) is 89.3 cm³/mol. The van der Waals surface area contributed by atoms with Crippen molar-refractivity contribution in [1.29, 1.82) is 0 Å². The van der Waals surface area contributed by atoms with Crippen molar-refractivity contribution in [3.63, 3.8) is 0 Å². The van der Waals surface area contributed by atoms with Crippen LogP contribution in [0.1, 0.15) is 0 Å². The van der Waals surface area contributed by atoms with Gasteiger partial charge in [0.2, 0.25) is 0 Å². The molecule has 20 heavy (non-hydrogen) atoms. The zero-order chi connectivity index (χ0) is 13.8. The largest absolute Gasteiger partial charge is 0.311 e. The highest BCUT2D eigenvalue weighted by Crippen LogP contribution is 2.33. The molecule has 3 rings (SSSR count). The van der Waals surface area contributed by atoms with Crippen LogP contribution in [-0.4, -0.2) is 7.85 Å². The van der Waals surface area contributed by atoms with Crippen molar-refractivity contribution in [1.82, 2.24) is 0 Å². The number of anilines is 3. The SMILES string of the molecule is Bc1cccc(N(c2ccccc2)c2ccccc2)c1. The van der Waals surface area contributed by atoms with Crippen LogP contribution in [0.2, 0.25) is 0 Å². The lowest BCUT2D eigenvalue weighted by Crippen LogP contribution is -2.12. The van der Waals surface area contributed by atoms with Crippen molar-refractivity contribution >= 4 is 30.4 Å². The molecule has 0 amide bonds. The molecule has 0 N–H and O–H groups in total. The molecule has 0 spiro atoms. The van der Waals surface area contributed by atoms with E-state index >= 15 is 0 Å². The van der Waals surface area contributed by atoms with Gasteiger partial charge in [-0.2, -0.15) is 0 Å². The molecular formula is C18H16BN. The Hall–Kier alpha value is -2.48. The van der Waals surface area contributed by atoms with Gasteiger partial charge in [0.25, 0.3) is 0 Å². The maximum atomic E-state index is 2.27. The van der Waals surface area contributed by atoms with Gasteiger partial charge in [0.15, 0.2) is 0 Å². The van der Waals surface area contributed by atoms with Gasteiger partial charge in [-0.3, -0.25) is 0 Å². The van der Waals surface area contributed by atoms with E-state index < -0.39 is 0 Å². The Kier molecular flexibility index (Phi) is 3.55. The fourth-order valence-corrected chi connectivity index (χ4v) is 2.37. The zero-order valence-corrected chi connectivity index (χ0v) is 11.5. The highest BCUT2D eigenvalue weighted by molar-refractivity contribution is 6.32. The Morgan fingerprint density at radius 1 is 0.550 bits per heavy atom. The van der Waals surface area contributed by atoms with Crippen LogP contribution < -0.4 is 10.4 Å². The minimum Gasteiger partial charge on any atom is -0.311 e. The molecule has 0 heterocycles. The number of benzene rings is 3. The van der Waals surface area contributed by atoms with Gasteiger partial charge in [0.05, 0.1) is 0 Å². The topological polar surface area (TPSA) is 3.24 Å². The highest BCUT2D eigenvalue weighted by Gasteiger charge is 2.10. The van der Waals surface area contributed by atoms with Crippen molar-refractivity contribution in [3.05, 3.63) is 84.9 Å². The van der Waals surface area contributed by atoms with E-state index in [1.165, 1.54) is 22.5 Å². The van der Waals surface area contributed by atoms with E-state index in [1.54, 1.807) is 0 Å². The average Bonchev–Trinajstić information content (AvgIpc) is 2.50. The van der Waals surface area contributed by atoms with Gasteiger partial charge >= 0.3 is 0 Å². The summed E-state index contributed by atoms with van der Waals surface area (Å²) in [6.45, 7) is 0. The Morgan fingerprint density at radius 2 is 1.05 bits per heavy atom. The molecule has 1 nitrogen and oxygen atoms in total. The van der Waals surface area contributed by atoms with Crippen LogP contribution in [0.3, 0.4) is 0 Å². The number of rotatable bonds is 3. The summed E-state index contributed by atoms with van der Waals surface area (Å²) in [4.78, 5) is 2.27.